The van der Waals surface area contributed by atoms with Crippen LogP contribution in [0.5, 0.6) is 0 Å². The van der Waals surface area contributed by atoms with Crippen LogP contribution in [0.1, 0.15) is 71.1 Å². The molecule has 18 heavy (non-hydrogen) atoms. The lowest BCUT2D eigenvalue weighted by molar-refractivity contribution is 0.148. The summed E-state index contributed by atoms with van der Waals surface area (Å²) in [6.45, 7) is 2.19. The minimum Gasteiger partial charge on any atom is -0.393 e. The van der Waals surface area contributed by atoms with Gasteiger partial charge < -0.3 is 5.11 Å². The Hall–Kier alpha value is -0.130. The van der Waals surface area contributed by atoms with Crippen LogP contribution in [0.25, 0.3) is 0 Å². The summed E-state index contributed by atoms with van der Waals surface area (Å²) in [6, 6.07) is 0. The number of hydrogen-bond acceptors (Lipinski definition) is 3. The van der Waals surface area contributed by atoms with Crippen molar-refractivity contribution < 1.29 is 18.1 Å². The molecule has 1 unspecified atom stereocenters. The number of unbranched alkanes of at least 4 members (excludes halogenated alkanes) is 6. The first-order chi connectivity index (χ1) is 8.45. The van der Waals surface area contributed by atoms with Crippen LogP contribution in [0, 0.1) is 0 Å². The summed E-state index contributed by atoms with van der Waals surface area (Å²) in [5.74, 6) is -0.198. The van der Waals surface area contributed by atoms with Crippen molar-refractivity contribution in [1.82, 2.24) is 0 Å². The van der Waals surface area contributed by atoms with E-state index in [4.69, 9.17) is 4.55 Å². The summed E-state index contributed by atoms with van der Waals surface area (Å²) in [6.07, 6.45) is 9.45. The van der Waals surface area contributed by atoms with Gasteiger partial charge in [0.2, 0.25) is 0 Å². The molecule has 0 fully saturated rings. The predicted molar refractivity (Wildman–Crippen MR) is 74.3 cm³/mol. The highest BCUT2D eigenvalue weighted by molar-refractivity contribution is 7.85. The van der Waals surface area contributed by atoms with E-state index in [9.17, 15) is 13.5 Å². The highest BCUT2D eigenvalue weighted by Gasteiger charge is 2.07. The normalized spacial score (nSPS) is 13.7. The standard InChI is InChI=1S/C13H28O4S/c1-2-3-4-5-6-7-10-13(14)11-8-9-12-18(15,16)17/h13-14H,2-12H2,1H3,(H,15,16,17). The zero-order valence-corrected chi connectivity index (χ0v) is 12.3. The van der Waals surface area contributed by atoms with Crippen LogP contribution in [0.3, 0.4) is 0 Å². The maximum absolute atomic E-state index is 10.5. The average molecular weight is 280 g/mol. The third-order valence-electron chi connectivity index (χ3n) is 3.08. The van der Waals surface area contributed by atoms with E-state index in [1.807, 2.05) is 0 Å². The average Bonchev–Trinajstić information content (AvgIpc) is 2.28. The Morgan fingerprint density at radius 3 is 1.94 bits per heavy atom. The molecule has 0 heterocycles. The molecule has 1 atom stereocenters. The molecule has 0 saturated carbocycles. The molecule has 0 aromatic heterocycles. The molecule has 0 bridgehead atoms. The fourth-order valence-electron chi connectivity index (χ4n) is 1.97. The fourth-order valence-corrected chi connectivity index (χ4v) is 2.54. The van der Waals surface area contributed by atoms with E-state index in [0.29, 0.717) is 19.3 Å². The maximum Gasteiger partial charge on any atom is 0.264 e. The van der Waals surface area contributed by atoms with E-state index in [0.717, 1.165) is 12.8 Å². The third-order valence-corrected chi connectivity index (χ3v) is 3.89. The molecule has 0 amide bonds. The zero-order valence-electron chi connectivity index (χ0n) is 11.5. The summed E-state index contributed by atoms with van der Waals surface area (Å²) >= 11 is 0. The lowest BCUT2D eigenvalue weighted by atomic mass is 10.0. The molecule has 0 aromatic carbocycles. The summed E-state index contributed by atoms with van der Waals surface area (Å²) < 4.78 is 29.5. The second kappa shape index (κ2) is 10.8. The van der Waals surface area contributed by atoms with E-state index in [2.05, 4.69) is 6.92 Å². The topological polar surface area (TPSA) is 74.6 Å². The summed E-state index contributed by atoms with van der Waals surface area (Å²) in [7, 11) is -3.83. The summed E-state index contributed by atoms with van der Waals surface area (Å²) in [4.78, 5) is 0. The Balaban J connectivity index is 3.30. The molecule has 2 N–H and O–H groups in total. The molecule has 0 radical (unpaired) electrons. The Bertz CT molecular complexity index is 275. The van der Waals surface area contributed by atoms with Crippen LogP contribution in [0.4, 0.5) is 0 Å². The quantitative estimate of drug-likeness (QED) is 0.425. The maximum atomic E-state index is 10.5. The van der Waals surface area contributed by atoms with Crippen molar-refractivity contribution >= 4 is 10.1 Å². The highest BCUT2D eigenvalue weighted by Crippen LogP contribution is 2.12. The van der Waals surface area contributed by atoms with E-state index in [-0.39, 0.29) is 11.9 Å². The van der Waals surface area contributed by atoms with Crippen LogP contribution in [-0.2, 0) is 10.1 Å². The van der Waals surface area contributed by atoms with Crippen molar-refractivity contribution in [2.75, 3.05) is 5.75 Å². The second-order valence-corrected chi connectivity index (χ2v) is 6.56. The number of rotatable bonds is 12. The van der Waals surface area contributed by atoms with E-state index in [1.165, 1.54) is 32.1 Å². The lowest BCUT2D eigenvalue weighted by Crippen LogP contribution is -2.08. The smallest absolute Gasteiger partial charge is 0.264 e. The van der Waals surface area contributed by atoms with Crippen molar-refractivity contribution in [1.29, 1.82) is 0 Å². The first kappa shape index (κ1) is 17.9. The minimum absolute atomic E-state index is 0.198. The number of hydrogen-bond donors (Lipinski definition) is 2. The zero-order chi connectivity index (χ0) is 13.9. The Labute approximate surface area is 112 Å². The molecule has 0 rings (SSSR count). The summed E-state index contributed by atoms with van der Waals surface area (Å²) in [5, 5.41) is 9.67. The van der Waals surface area contributed by atoms with E-state index >= 15 is 0 Å². The van der Waals surface area contributed by atoms with Crippen LogP contribution >= 0.6 is 0 Å². The van der Waals surface area contributed by atoms with Gasteiger partial charge in [-0.1, -0.05) is 45.4 Å². The third kappa shape index (κ3) is 13.9. The second-order valence-electron chi connectivity index (χ2n) is 4.99. The van der Waals surface area contributed by atoms with Gasteiger partial charge in [-0.2, -0.15) is 8.42 Å². The lowest BCUT2D eigenvalue weighted by Gasteiger charge is -2.09. The first-order valence-electron chi connectivity index (χ1n) is 7.09. The highest BCUT2D eigenvalue weighted by atomic mass is 32.2. The Kier molecular flexibility index (Phi) is 10.7. The molecular formula is C13H28O4S. The van der Waals surface area contributed by atoms with E-state index in [1.54, 1.807) is 0 Å². The van der Waals surface area contributed by atoms with Crippen molar-refractivity contribution in [3.8, 4) is 0 Å². The molecular weight excluding hydrogens is 252 g/mol. The van der Waals surface area contributed by atoms with Gasteiger partial charge in [-0.3, -0.25) is 4.55 Å². The molecule has 0 saturated heterocycles. The number of aliphatic hydroxyl groups is 1. The van der Waals surface area contributed by atoms with Gasteiger partial charge in [0.1, 0.15) is 0 Å². The Morgan fingerprint density at radius 2 is 1.39 bits per heavy atom. The molecule has 0 aromatic rings. The predicted octanol–water partition coefficient (Wildman–Crippen LogP) is 3.16. The van der Waals surface area contributed by atoms with Gasteiger partial charge in [-0.15, -0.1) is 0 Å². The molecule has 110 valence electrons. The first-order valence-corrected chi connectivity index (χ1v) is 8.70. The SMILES string of the molecule is CCCCCCCCC(O)CCCCS(=O)(=O)O. The van der Waals surface area contributed by atoms with E-state index < -0.39 is 10.1 Å². The van der Waals surface area contributed by atoms with Gasteiger partial charge in [0.25, 0.3) is 10.1 Å². The van der Waals surface area contributed by atoms with Crippen molar-refractivity contribution in [3.05, 3.63) is 0 Å². The van der Waals surface area contributed by atoms with Crippen molar-refractivity contribution in [3.63, 3.8) is 0 Å². The van der Waals surface area contributed by atoms with Gasteiger partial charge in [0, 0.05) is 0 Å². The van der Waals surface area contributed by atoms with Gasteiger partial charge in [0.05, 0.1) is 11.9 Å². The van der Waals surface area contributed by atoms with Gasteiger partial charge in [-0.25, -0.2) is 0 Å². The van der Waals surface area contributed by atoms with Crippen LogP contribution in [0.2, 0.25) is 0 Å². The summed E-state index contributed by atoms with van der Waals surface area (Å²) in [5.41, 5.74) is 0. The Morgan fingerprint density at radius 1 is 0.889 bits per heavy atom. The monoisotopic (exact) mass is 280 g/mol. The molecule has 0 spiro atoms. The number of aliphatic hydroxyl groups excluding tert-OH is 1. The molecule has 0 aliphatic heterocycles. The van der Waals surface area contributed by atoms with Crippen LogP contribution in [0.15, 0.2) is 0 Å². The fraction of sp³-hybridized carbons (Fsp3) is 1.00. The van der Waals surface area contributed by atoms with Crippen LogP contribution in [-0.4, -0.2) is 29.9 Å². The largest absolute Gasteiger partial charge is 0.393 e. The van der Waals surface area contributed by atoms with Crippen molar-refractivity contribution in [2.45, 2.75) is 77.2 Å². The molecule has 0 aliphatic carbocycles. The molecule has 5 heteroatoms. The molecule has 0 aliphatic rings. The van der Waals surface area contributed by atoms with Gasteiger partial charge in [-0.05, 0) is 25.7 Å². The van der Waals surface area contributed by atoms with Gasteiger partial charge in [0.15, 0.2) is 0 Å². The van der Waals surface area contributed by atoms with Gasteiger partial charge >= 0.3 is 0 Å². The van der Waals surface area contributed by atoms with Crippen molar-refractivity contribution in [2.24, 2.45) is 0 Å². The molecule has 4 nitrogen and oxygen atoms in total. The minimum atomic E-state index is -3.83. The van der Waals surface area contributed by atoms with Crippen LogP contribution < -0.4 is 0 Å².